The van der Waals surface area contributed by atoms with Crippen molar-refractivity contribution in [2.75, 3.05) is 26.2 Å². The molecule has 5 nitrogen and oxygen atoms in total. The largest absolute Gasteiger partial charge is 0.368 e. The summed E-state index contributed by atoms with van der Waals surface area (Å²) < 4.78 is 5.60. The highest BCUT2D eigenvalue weighted by Gasteiger charge is 2.43. The van der Waals surface area contributed by atoms with Crippen LogP contribution in [0.1, 0.15) is 38.2 Å². The molecule has 0 aromatic heterocycles. The zero-order valence-corrected chi connectivity index (χ0v) is 18.3. The fourth-order valence-electron chi connectivity index (χ4n) is 4.90. The minimum Gasteiger partial charge on any atom is -0.368 e. The van der Waals surface area contributed by atoms with Gasteiger partial charge in [0.05, 0.1) is 5.41 Å². The van der Waals surface area contributed by atoms with Crippen molar-refractivity contribution in [3.05, 3.63) is 60.2 Å². The summed E-state index contributed by atoms with van der Waals surface area (Å²) in [5.41, 5.74) is 3.01. The molecule has 2 aromatic carbocycles. The van der Waals surface area contributed by atoms with Gasteiger partial charge in [0.15, 0.2) is 0 Å². The molecule has 4 rings (SSSR count). The van der Waals surface area contributed by atoms with Crippen LogP contribution in [0.2, 0.25) is 0 Å². The molecule has 2 aromatic rings. The van der Waals surface area contributed by atoms with Crippen LogP contribution in [0.15, 0.2) is 54.6 Å². The van der Waals surface area contributed by atoms with Crippen molar-refractivity contribution < 1.29 is 14.3 Å². The highest BCUT2D eigenvalue weighted by atomic mass is 16.5. The first-order valence-electron chi connectivity index (χ1n) is 11.4. The van der Waals surface area contributed by atoms with Gasteiger partial charge in [-0.05, 0) is 55.7 Å². The van der Waals surface area contributed by atoms with Gasteiger partial charge in [-0.2, -0.15) is 0 Å². The molecule has 31 heavy (non-hydrogen) atoms. The van der Waals surface area contributed by atoms with Crippen LogP contribution in [0.4, 0.5) is 0 Å². The van der Waals surface area contributed by atoms with Gasteiger partial charge >= 0.3 is 0 Å². The van der Waals surface area contributed by atoms with Gasteiger partial charge in [-0.1, -0.05) is 54.6 Å². The zero-order chi connectivity index (χ0) is 21.7. The van der Waals surface area contributed by atoms with E-state index in [1.54, 1.807) is 0 Å². The van der Waals surface area contributed by atoms with Crippen molar-refractivity contribution in [2.45, 2.75) is 45.1 Å². The Hall–Kier alpha value is -2.66. The van der Waals surface area contributed by atoms with E-state index in [4.69, 9.17) is 4.74 Å². The molecule has 2 heterocycles. The number of nitrogens with one attached hydrogen (secondary N) is 1. The van der Waals surface area contributed by atoms with Gasteiger partial charge in [0.25, 0.3) is 5.91 Å². The molecule has 2 amide bonds. The van der Waals surface area contributed by atoms with Gasteiger partial charge in [0, 0.05) is 26.2 Å². The predicted octanol–water partition coefficient (Wildman–Crippen LogP) is 3.82. The second kappa shape index (κ2) is 9.65. The maximum atomic E-state index is 13.3. The standard InChI is InChI=1S/C26H32N2O3/c1-2-27-25(30)26(14-16-28(17-15-26)24(29)23-13-8-18-31-23)19-21-11-6-7-12-22(21)20-9-4-3-5-10-20/h3-7,9-12,23H,2,8,13-19H2,1H3,(H,27,30)/t23-/m0/s1. The van der Waals surface area contributed by atoms with Gasteiger partial charge in [-0.15, -0.1) is 0 Å². The molecule has 0 radical (unpaired) electrons. The predicted molar refractivity (Wildman–Crippen MR) is 121 cm³/mol. The number of nitrogens with zero attached hydrogens (tertiary/aromatic N) is 1. The molecule has 1 N–H and O–H groups in total. The van der Waals surface area contributed by atoms with Gasteiger partial charge in [0.2, 0.25) is 5.91 Å². The molecule has 0 aliphatic carbocycles. The van der Waals surface area contributed by atoms with E-state index in [2.05, 4.69) is 29.6 Å². The van der Waals surface area contributed by atoms with Crippen molar-refractivity contribution >= 4 is 11.8 Å². The molecule has 2 saturated heterocycles. The SMILES string of the molecule is CCNC(=O)C1(Cc2ccccc2-c2ccccc2)CCN(C(=O)[C@@H]2CCCO2)CC1. The van der Waals surface area contributed by atoms with Crippen molar-refractivity contribution in [3.63, 3.8) is 0 Å². The minimum atomic E-state index is -0.506. The van der Waals surface area contributed by atoms with Gasteiger partial charge in [-0.25, -0.2) is 0 Å². The van der Waals surface area contributed by atoms with Gasteiger partial charge < -0.3 is 15.0 Å². The smallest absolute Gasteiger partial charge is 0.251 e. The van der Waals surface area contributed by atoms with Crippen molar-refractivity contribution in [1.82, 2.24) is 10.2 Å². The van der Waals surface area contributed by atoms with Crippen LogP contribution in [0, 0.1) is 5.41 Å². The lowest BCUT2D eigenvalue weighted by atomic mass is 9.72. The molecular weight excluding hydrogens is 388 g/mol. The Labute approximate surface area is 184 Å². The molecule has 0 saturated carbocycles. The van der Waals surface area contributed by atoms with Crippen molar-refractivity contribution in [1.29, 1.82) is 0 Å². The molecule has 164 valence electrons. The van der Waals surface area contributed by atoms with E-state index in [0.717, 1.165) is 18.4 Å². The first kappa shape index (κ1) is 21.6. The van der Waals surface area contributed by atoms with E-state index >= 15 is 0 Å². The lowest BCUT2D eigenvalue weighted by molar-refractivity contribution is -0.146. The molecule has 5 heteroatoms. The monoisotopic (exact) mass is 420 g/mol. The van der Waals surface area contributed by atoms with Gasteiger partial charge in [-0.3, -0.25) is 9.59 Å². The lowest BCUT2D eigenvalue weighted by Crippen LogP contribution is -2.52. The highest BCUT2D eigenvalue weighted by Crippen LogP contribution is 2.38. The fraction of sp³-hybridized carbons (Fsp3) is 0.462. The molecule has 2 fully saturated rings. The number of carbonyl (C=O) groups is 2. The fourth-order valence-corrected chi connectivity index (χ4v) is 4.90. The van der Waals surface area contributed by atoms with E-state index in [1.807, 2.05) is 42.2 Å². The Kier molecular flexibility index (Phi) is 6.71. The summed E-state index contributed by atoms with van der Waals surface area (Å²) in [6.07, 6.45) is 3.47. The molecule has 0 spiro atoms. The number of benzene rings is 2. The summed E-state index contributed by atoms with van der Waals surface area (Å²) >= 11 is 0. The van der Waals surface area contributed by atoms with Crippen LogP contribution >= 0.6 is 0 Å². The van der Waals surface area contributed by atoms with Crippen LogP contribution in [0.3, 0.4) is 0 Å². The number of hydrogen-bond donors (Lipinski definition) is 1. The summed E-state index contributed by atoms with van der Waals surface area (Å²) in [7, 11) is 0. The first-order valence-corrected chi connectivity index (χ1v) is 11.4. The lowest BCUT2D eigenvalue weighted by Gasteiger charge is -2.41. The zero-order valence-electron chi connectivity index (χ0n) is 18.3. The Morgan fingerprint density at radius 2 is 1.77 bits per heavy atom. The average Bonchev–Trinajstić information content (AvgIpc) is 3.35. The number of piperidine rings is 1. The third-order valence-corrected chi connectivity index (χ3v) is 6.69. The summed E-state index contributed by atoms with van der Waals surface area (Å²) in [5, 5.41) is 3.07. The Morgan fingerprint density at radius 1 is 1.06 bits per heavy atom. The number of rotatable bonds is 6. The Balaban J connectivity index is 1.56. The summed E-state index contributed by atoms with van der Waals surface area (Å²) in [6, 6.07) is 18.7. The maximum Gasteiger partial charge on any atom is 0.251 e. The minimum absolute atomic E-state index is 0.0895. The third kappa shape index (κ3) is 4.67. The molecule has 0 unspecified atom stereocenters. The second-order valence-corrected chi connectivity index (χ2v) is 8.67. The van der Waals surface area contributed by atoms with Crippen molar-refractivity contribution in [3.8, 4) is 11.1 Å². The van der Waals surface area contributed by atoms with Crippen LogP contribution in [-0.4, -0.2) is 49.1 Å². The molecule has 2 aliphatic rings. The van der Waals surface area contributed by atoms with E-state index in [-0.39, 0.29) is 17.9 Å². The number of hydrogen-bond acceptors (Lipinski definition) is 3. The highest BCUT2D eigenvalue weighted by molar-refractivity contribution is 5.85. The first-order chi connectivity index (χ1) is 15.1. The second-order valence-electron chi connectivity index (χ2n) is 8.67. The van der Waals surface area contributed by atoms with E-state index in [9.17, 15) is 9.59 Å². The van der Waals surface area contributed by atoms with E-state index in [1.165, 1.54) is 11.1 Å². The van der Waals surface area contributed by atoms with Crippen LogP contribution < -0.4 is 5.32 Å². The number of ether oxygens (including phenoxy) is 1. The van der Waals surface area contributed by atoms with Crippen LogP contribution in [0.25, 0.3) is 11.1 Å². The topological polar surface area (TPSA) is 58.6 Å². The number of likely N-dealkylation sites (tertiary alicyclic amines) is 1. The molecular formula is C26H32N2O3. The van der Waals surface area contributed by atoms with E-state index < -0.39 is 5.41 Å². The molecule has 1 atom stereocenters. The van der Waals surface area contributed by atoms with Crippen molar-refractivity contribution in [2.24, 2.45) is 5.41 Å². The van der Waals surface area contributed by atoms with Crippen LogP contribution in [-0.2, 0) is 20.7 Å². The maximum absolute atomic E-state index is 13.3. The normalized spacial score (nSPS) is 20.4. The third-order valence-electron chi connectivity index (χ3n) is 6.69. The Morgan fingerprint density at radius 3 is 2.45 bits per heavy atom. The molecule has 2 aliphatic heterocycles. The Bertz CT molecular complexity index is 898. The summed E-state index contributed by atoms with van der Waals surface area (Å²) in [6.45, 7) is 4.44. The number of amides is 2. The average molecular weight is 421 g/mol. The quantitative estimate of drug-likeness (QED) is 0.773. The summed E-state index contributed by atoms with van der Waals surface area (Å²) in [4.78, 5) is 28.0. The number of carbonyl (C=O) groups excluding carboxylic acids is 2. The molecule has 0 bridgehead atoms. The van der Waals surface area contributed by atoms with Gasteiger partial charge in [0.1, 0.15) is 6.10 Å². The summed E-state index contributed by atoms with van der Waals surface area (Å²) in [5.74, 6) is 0.189. The van der Waals surface area contributed by atoms with E-state index in [0.29, 0.717) is 45.5 Å². The van der Waals surface area contributed by atoms with Crippen LogP contribution in [0.5, 0.6) is 0 Å².